The maximum atomic E-state index is 11.6. The fraction of sp³-hybridized carbons (Fsp3) is 0.385. The average molecular weight is 233 g/mol. The van der Waals surface area contributed by atoms with Crippen LogP contribution in [-0.2, 0) is 20.9 Å². The summed E-state index contributed by atoms with van der Waals surface area (Å²) in [6.07, 6.45) is 0.624. The van der Waals surface area contributed by atoms with E-state index in [-0.39, 0.29) is 24.9 Å². The summed E-state index contributed by atoms with van der Waals surface area (Å²) in [5.41, 5.74) is 0.550. The lowest BCUT2D eigenvalue weighted by atomic mass is 9.86. The van der Waals surface area contributed by atoms with Gasteiger partial charge in [0, 0.05) is 6.42 Å². The Morgan fingerprint density at radius 2 is 2.06 bits per heavy atom. The van der Waals surface area contributed by atoms with Crippen molar-refractivity contribution < 1.29 is 14.3 Å². The van der Waals surface area contributed by atoms with Crippen LogP contribution in [-0.4, -0.2) is 17.4 Å². The van der Waals surface area contributed by atoms with E-state index in [1.165, 1.54) is 0 Å². The summed E-state index contributed by atoms with van der Waals surface area (Å²) in [4.78, 5) is 22.4. The van der Waals surface area contributed by atoms with Crippen molar-refractivity contribution in [3.05, 3.63) is 35.9 Å². The number of benzene rings is 1. The number of carbonyl (C=O) groups is 2. The minimum atomic E-state index is -0.412. The van der Waals surface area contributed by atoms with Crippen LogP contribution in [0, 0.1) is 0 Å². The van der Waals surface area contributed by atoms with Gasteiger partial charge in [0.2, 0.25) is 5.91 Å². The molecule has 0 bridgehead atoms. The smallest absolute Gasteiger partial charge is 0.308 e. The van der Waals surface area contributed by atoms with Gasteiger partial charge in [0.25, 0.3) is 0 Å². The van der Waals surface area contributed by atoms with Gasteiger partial charge >= 0.3 is 5.97 Å². The molecule has 0 radical (unpaired) electrons. The van der Waals surface area contributed by atoms with E-state index in [9.17, 15) is 9.59 Å². The number of β-lactam (4-membered cyclic amide) rings is 1. The van der Waals surface area contributed by atoms with Crippen molar-refractivity contribution in [1.29, 1.82) is 0 Å². The third-order valence-corrected chi connectivity index (χ3v) is 2.77. The van der Waals surface area contributed by atoms with Crippen LogP contribution in [0.2, 0.25) is 0 Å². The highest BCUT2D eigenvalue weighted by molar-refractivity contribution is 5.87. The number of nitrogens with one attached hydrogen (secondary N) is 1. The quantitative estimate of drug-likeness (QED) is 0.631. The first-order valence-corrected chi connectivity index (χ1v) is 5.58. The molecule has 1 aliphatic heterocycles. The zero-order valence-corrected chi connectivity index (χ0v) is 9.73. The summed E-state index contributed by atoms with van der Waals surface area (Å²) in [5, 5.41) is 2.71. The van der Waals surface area contributed by atoms with E-state index in [1.807, 2.05) is 37.3 Å². The molecule has 90 valence electrons. The van der Waals surface area contributed by atoms with Crippen molar-refractivity contribution in [2.45, 2.75) is 31.9 Å². The van der Waals surface area contributed by atoms with Crippen molar-refractivity contribution in [1.82, 2.24) is 5.32 Å². The van der Waals surface area contributed by atoms with Crippen molar-refractivity contribution >= 4 is 11.9 Å². The molecule has 1 fully saturated rings. The van der Waals surface area contributed by atoms with Crippen molar-refractivity contribution in [2.24, 2.45) is 0 Å². The molecule has 1 N–H and O–H groups in total. The molecule has 0 aromatic heterocycles. The number of esters is 1. The second-order valence-electron chi connectivity index (χ2n) is 4.61. The van der Waals surface area contributed by atoms with E-state index >= 15 is 0 Å². The number of hydrogen-bond acceptors (Lipinski definition) is 3. The van der Waals surface area contributed by atoms with E-state index < -0.39 is 5.54 Å². The molecule has 1 amide bonds. The fourth-order valence-corrected chi connectivity index (χ4v) is 1.89. The number of amides is 1. The fourth-order valence-electron chi connectivity index (χ4n) is 1.89. The van der Waals surface area contributed by atoms with Gasteiger partial charge in [0.05, 0.1) is 12.0 Å². The molecule has 1 unspecified atom stereocenters. The SMILES string of the molecule is CC1(CC(=O)OCc2ccccc2)CC(=O)N1. The zero-order valence-electron chi connectivity index (χ0n) is 9.73. The van der Waals surface area contributed by atoms with Crippen molar-refractivity contribution in [2.75, 3.05) is 0 Å². The zero-order chi connectivity index (χ0) is 12.3. The first kappa shape index (κ1) is 11.6. The van der Waals surface area contributed by atoms with E-state index in [0.29, 0.717) is 6.42 Å². The highest BCUT2D eigenvalue weighted by Gasteiger charge is 2.40. The van der Waals surface area contributed by atoms with Crippen LogP contribution in [0.5, 0.6) is 0 Å². The predicted octanol–water partition coefficient (Wildman–Crippen LogP) is 1.40. The van der Waals surface area contributed by atoms with Gasteiger partial charge in [-0.05, 0) is 12.5 Å². The summed E-state index contributed by atoms with van der Waals surface area (Å²) in [5.74, 6) is -0.292. The molecule has 1 heterocycles. The number of rotatable bonds is 4. The van der Waals surface area contributed by atoms with Crippen molar-refractivity contribution in [3.63, 3.8) is 0 Å². The molecule has 4 heteroatoms. The Hall–Kier alpha value is -1.84. The van der Waals surface area contributed by atoms with Crippen LogP contribution in [0.15, 0.2) is 30.3 Å². The first-order chi connectivity index (χ1) is 8.07. The Balaban J connectivity index is 1.77. The lowest BCUT2D eigenvalue weighted by Crippen LogP contribution is -2.59. The van der Waals surface area contributed by atoms with Crippen LogP contribution in [0.3, 0.4) is 0 Å². The average Bonchev–Trinajstić information content (AvgIpc) is 2.26. The monoisotopic (exact) mass is 233 g/mol. The van der Waals surface area contributed by atoms with Crippen LogP contribution in [0.1, 0.15) is 25.3 Å². The minimum Gasteiger partial charge on any atom is -0.461 e. The lowest BCUT2D eigenvalue weighted by Gasteiger charge is -2.37. The number of carbonyl (C=O) groups excluding carboxylic acids is 2. The molecular formula is C13H15NO3. The van der Waals surface area contributed by atoms with E-state index in [1.54, 1.807) is 0 Å². The lowest BCUT2D eigenvalue weighted by molar-refractivity contribution is -0.149. The van der Waals surface area contributed by atoms with Crippen LogP contribution < -0.4 is 5.32 Å². The number of ether oxygens (including phenoxy) is 1. The minimum absolute atomic E-state index is 0.0108. The van der Waals surface area contributed by atoms with Gasteiger partial charge in [0.1, 0.15) is 6.61 Å². The molecule has 0 aliphatic carbocycles. The van der Waals surface area contributed by atoms with Gasteiger partial charge in [-0.15, -0.1) is 0 Å². The highest BCUT2D eigenvalue weighted by Crippen LogP contribution is 2.23. The Kier molecular flexibility index (Phi) is 3.13. The van der Waals surface area contributed by atoms with E-state index in [4.69, 9.17) is 4.74 Å². The first-order valence-electron chi connectivity index (χ1n) is 5.58. The maximum absolute atomic E-state index is 11.6. The predicted molar refractivity (Wildman–Crippen MR) is 62.0 cm³/mol. The molecule has 1 atom stereocenters. The Morgan fingerprint density at radius 3 is 2.65 bits per heavy atom. The Morgan fingerprint density at radius 1 is 1.41 bits per heavy atom. The van der Waals surface area contributed by atoms with Gasteiger partial charge in [-0.25, -0.2) is 0 Å². The van der Waals surface area contributed by atoms with Crippen molar-refractivity contribution in [3.8, 4) is 0 Å². The summed E-state index contributed by atoms with van der Waals surface area (Å²) in [6.45, 7) is 2.13. The maximum Gasteiger partial charge on any atom is 0.308 e. The Bertz CT molecular complexity index is 420. The third-order valence-electron chi connectivity index (χ3n) is 2.77. The summed E-state index contributed by atoms with van der Waals surface area (Å²) >= 11 is 0. The van der Waals surface area contributed by atoms with Gasteiger partial charge in [-0.3, -0.25) is 9.59 Å². The second-order valence-corrected chi connectivity index (χ2v) is 4.61. The topological polar surface area (TPSA) is 55.4 Å². The molecule has 0 spiro atoms. The highest BCUT2D eigenvalue weighted by atomic mass is 16.5. The van der Waals surface area contributed by atoms with E-state index in [2.05, 4.69) is 5.32 Å². The molecule has 1 saturated heterocycles. The van der Waals surface area contributed by atoms with Crippen LogP contribution in [0.25, 0.3) is 0 Å². The Labute approximate surface area is 100.0 Å². The molecule has 17 heavy (non-hydrogen) atoms. The largest absolute Gasteiger partial charge is 0.461 e. The molecule has 0 saturated carbocycles. The summed E-state index contributed by atoms with van der Waals surface area (Å²) in [6, 6.07) is 9.52. The van der Waals surface area contributed by atoms with Gasteiger partial charge in [-0.2, -0.15) is 0 Å². The van der Waals surface area contributed by atoms with Gasteiger partial charge in [0.15, 0.2) is 0 Å². The molecule has 4 nitrogen and oxygen atoms in total. The normalized spacial score (nSPS) is 22.5. The van der Waals surface area contributed by atoms with E-state index in [0.717, 1.165) is 5.56 Å². The second kappa shape index (κ2) is 4.57. The number of hydrogen-bond donors (Lipinski definition) is 1. The molecular weight excluding hydrogens is 218 g/mol. The summed E-state index contributed by atoms with van der Waals surface area (Å²) in [7, 11) is 0. The molecule has 1 aromatic rings. The molecule has 2 rings (SSSR count). The summed E-state index contributed by atoms with van der Waals surface area (Å²) < 4.78 is 5.14. The third kappa shape index (κ3) is 3.06. The van der Waals surface area contributed by atoms with Gasteiger partial charge in [-0.1, -0.05) is 30.3 Å². The standard InChI is InChI=1S/C13H15NO3/c1-13(7-11(15)14-13)8-12(16)17-9-10-5-3-2-4-6-10/h2-6H,7-9H2,1H3,(H,14,15). The van der Waals surface area contributed by atoms with Gasteiger partial charge < -0.3 is 10.1 Å². The van der Waals surface area contributed by atoms with Crippen LogP contribution >= 0.6 is 0 Å². The van der Waals surface area contributed by atoms with Crippen LogP contribution in [0.4, 0.5) is 0 Å². The molecule has 1 aromatic carbocycles. The molecule has 1 aliphatic rings.